The van der Waals surface area contributed by atoms with Crippen molar-refractivity contribution in [2.24, 2.45) is 4.99 Å². The smallest absolute Gasteiger partial charge is 0.242 e. The van der Waals surface area contributed by atoms with E-state index in [-0.39, 0.29) is 24.3 Å². The molecule has 1 saturated carbocycles. The van der Waals surface area contributed by atoms with Crippen LogP contribution in [-0.2, 0) is 9.59 Å². The zero-order valence-corrected chi connectivity index (χ0v) is 17.2. The van der Waals surface area contributed by atoms with Crippen LogP contribution in [-0.4, -0.2) is 40.3 Å². The van der Waals surface area contributed by atoms with Gasteiger partial charge in [-0.05, 0) is 56.2 Å². The number of hydrogen-bond acceptors (Lipinski definition) is 5. The van der Waals surface area contributed by atoms with Gasteiger partial charge in [0.2, 0.25) is 11.8 Å². The van der Waals surface area contributed by atoms with Crippen molar-refractivity contribution in [2.75, 3.05) is 12.4 Å². The van der Waals surface area contributed by atoms with E-state index < -0.39 is 5.25 Å². The van der Waals surface area contributed by atoms with Gasteiger partial charge >= 0.3 is 0 Å². The highest BCUT2D eigenvalue weighted by Gasteiger charge is 2.46. The lowest BCUT2D eigenvalue weighted by molar-refractivity contribution is -0.128. The second kappa shape index (κ2) is 8.29. The molecule has 0 radical (unpaired) electrons. The van der Waals surface area contributed by atoms with Crippen molar-refractivity contribution in [3.05, 3.63) is 54.1 Å². The number of aryl methyl sites for hydroxylation is 1. The fourth-order valence-corrected chi connectivity index (χ4v) is 4.36. The summed E-state index contributed by atoms with van der Waals surface area (Å²) in [6.07, 6.45) is 2.09. The van der Waals surface area contributed by atoms with E-state index in [0.29, 0.717) is 5.17 Å². The predicted molar refractivity (Wildman–Crippen MR) is 116 cm³/mol. The normalized spacial score (nSPS) is 20.2. The number of benzene rings is 2. The Labute approximate surface area is 174 Å². The molecule has 1 N–H and O–H groups in total. The minimum absolute atomic E-state index is 0.0242. The first kappa shape index (κ1) is 19.5. The molecule has 2 aromatic carbocycles. The molecule has 2 aromatic rings. The second-order valence-corrected chi connectivity index (χ2v) is 8.43. The van der Waals surface area contributed by atoms with Crippen molar-refractivity contribution in [1.29, 1.82) is 0 Å². The maximum absolute atomic E-state index is 12.9. The van der Waals surface area contributed by atoms with Gasteiger partial charge in [-0.1, -0.05) is 29.5 Å². The molecule has 0 bridgehead atoms. The number of thioether (sulfide) groups is 1. The Hall–Kier alpha value is -2.80. The minimum Gasteiger partial charge on any atom is -0.497 e. The molecule has 0 spiro atoms. The van der Waals surface area contributed by atoms with Crippen LogP contribution in [0.15, 0.2) is 53.5 Å². The zero-order valence-electron chi connectivity index (χ0n) is 16.4. The number of carbonyl (C=O) groups is 2. The van der Waals surface area contributed by atoms with Gasteiger partial charge in [0.25, 0.3) is 0 Å². The summed E-state index contributed by atoms with van der Waals surface area (Å²) in [6, 6.07) is 15.2. The van der Waals surface area contributed by atoms with Gasteiger partial charge in [0.05, 0.1) is 12.8 Å². The van der Waals surface area contributed by atoms with E-state index in [4.69, 9.17) is 4.74 Å². The summed E-state index contributed by atoms with van der Waals surface area (Å²) < 4.78 is 5.18. The minimum atomic E-state index is -0.446. The molecular weight excluding hydrogens is 386 g/mol. The Kier molecular flexibility index (Phi) is 5.58. The molecule has 1 saturated heterocycles. The van der Waals surface area contributed by atoms with Crippen molar-refractivity contribution in [3.8, 4) is 5.75 Å². The Morgan fingerprint density at radius 2 is 1.86 bits per heavy atom. The van der Waals surface area contributed by atoms with Gasteiger partial charge in [-0.25, -0.2) is 4.99 Å². The lowest BCUT2D eigenvalue weighted by Crippen LogP contribution is -2.35. The van der Waals surface area contributed by atoms with Gasteiger partial charge in [-0.15, -0.1) is 0 Å². The molecule has 6 nitrogen and oxygen atoms in total. The average molecular weight is 410 g/mol. The van der Waals surface area contributed by atoms with Crippen LogP contribution in [0.4, 0.5) is 11.4 Å². The Morgan fingerprint density at radius 1 is 1.17 bits per heavy atom. The van der Waals surface area contributed by atoms with Crippen LogP contribution >= 0.6 is 11.8 Å². The zero-order chi connectivity index (χ0) is 20.4. The van der Waals surface area contributed by atoms with Crippen LogP contribution in [0.5, 0.6) is 5.75 Å². The van der Waals surface area contributed by atoms with Gasteiger partial charge in [0.1, 0.15) is 11.0 Å². The topological polar surface area (TPSA) is 71.0 Å². The van der Waals surface area contributed by atoms with Crippen molar-refractivity contribution < 1.29 is 14.3 Å². The number of methoxy groups -OCH3 is 1. The van der Waals surface area contributed by atoms with Crippen molar-refractivity contribution >= 4 is 40.1 Å². The predicted octanol–water partition coefficient (Wildman–Crippen LogP) is 4.13. The molecule has 150 valence electrons. The van der Waals surface area contributed by atoms with Gasteiger partial charge in [0, 0.05) is 18.2 Å². The summed E-state index contributed by atoms with van der Waals surface area (Å²) in [6.45, 7) is 2.00. The summed E-state index contributed by atoms with van der Waals surface area (Å²) in [5, 5.41) is 3.11. The number of aliphatic imine (C=N–C) groups is 1. The van der Waals surface area contributed by atoms with E-state index in [0.717, 1.165) is 35.5 Å². The average Bonchev–Trinajstić information content (AvgIpc) is 3.50. The highest BCUT2D eigenvalue weighted by Crippen LogP contribution is 2.39. The van der Waals surface area contributed by atoms with Crippen molar-refractivity contribution in [2.45, 2.75) is 37.5 Å². The molecule has 7 heteroatoms. The number of amidine groups is 1. The van der Waals surface area contributed by atoms with E-state index >= 15 is 0 Å². The molecule has 1 aliphatic heterocycles. The largest absolute Gasteiger partial charge is 0.497 e. The third kappa shape index (κ3) is 4.62. The van der Waals surface area contributed by atoms with E-state index in [1.54, 1.807) is 12.0 Å². The van der Waals surface area contributed by atoms with E-state index in [2.05, 4.69) is 10.3 Å². The molecule has 4 rings (SSSR count). The van der Waals surface area contributed by atoms with Crippen LogP contribution in [0, 0.1) is 6.92 Å². The summed E-state index contributed by atoms with van der Waals surface area (Å²) in [7, 11) is 1.62. The van der Waals surface area contributed by atoms with E-state index in [9.17, 15) is 9.59 Å². The summed E-state index contributed by atoms with van der Waals surface area (Å²) in [5.41, 5.74) is 2.63. The monoisotopic (exact) mass is 409 g/mol. The van der Waals surface area contributed by atoms with Gasteiger partial charge in [-0.3, -0.25) is 14.5 Å². The number of ether oxygens (including phenoxy) is 1. The number of rotatable bonds is 6. The van der Waals surface area contributed by atoms with Gasteiger partial charge < -0.3 is 10.1 Å². The van der Waals surface area contributed by atoms with Crippen LogP contribution in [0.3, 0.4) is 0 Å². The first-order chi connectivity index (χ1) is 14.0. The molecule has 1 aliphatic carbocycles. The fourth-order valence-electron chi connectivity index (χ4n) is 3.15. The first-order valence-electron chi connectivity index (χ1n) is 9.62. The lowest BCUT2D eigenvalue weighted by atomic mass is 10.2. The number of nitrogens with one attached hydrogen (secondary N) is 1. The molecule has 29 heavy (non-hydrogen) atoms. The highest BCUT2D eigenvalue weighted by molar-refractivity contribution is 8.15. The Morgan fingerprint density at radius 3 is 2.48 bits per heavy atom. The molecule has 1 atom stereocenters. The quantitative estimate of drug-likeness (QED) is 0.779. The molecule has 1 heterocycles. The number of nitrogens with zero attached hydrogens (tertiary/aromatic N) is 2. The number of hydrogen-bond donors (Lipinski definition) is 1. The third-order valence-electron chi connectivity index (χ3n) is 4.88. The van der Waals surface area contributed by atoms with Crippen LogP contribution in [0.1, 0.15) is 24.8 Å². The molecule has 2 aliphatic rings. The number of amides is 2. The third-order valence-corrected chi connectivity index (χ3v) is 6.03. The molecule has 2 amide bonds. The van der Waals surface area contributed by atoms with Gasteiger partial charge in [0.15, 0.2) is 5.17 Å². The summed E-state index contributed by atoms with van der Waals surface area (Å²) in [4.78, 5) is 31.9. The fraction of sp³-hybridized carbons (Fsp3) is 0.318. The Bertz CT molecular complexity index is 937. The lowest BCUT2D eigenvalue weighted by Gasteiger charge is -2.15. The van der Waals surface area contributed by atoms with Gasteiger partial charge in [-0.2, -0.15) is 0 Å². The van der Waals surface area contributed by atoms with Crippen molar-refractivity contribution in [1.82, 2.24) is 4.90 Å². The molecule has 2 fully saturated rings. The molecule has 0 unspecified atom stereocenters. The molecular formula is C22H23N3O3S. The first-order valence-corrected chi connectivity index (χ1v) is 10.5. The number of carbonyl (C=O) groups excluding carboxylic acids is 2. The van der Waals surface area contributed by atoms with Crippen molar-refractivity contribution in [3.63, 3.8) is 0 Å². The van der Waals surface area contributed by atoms with Crippen LogP contribution < -0.4 is 10.1 Å². The standard InChI is InChI=1S/C22H23N3O3S/c1-14-3-5-15(6-4-14)23-20(26)13-19-21(27)25(17-9-10-17)22(29-19)24-16-7-11-18(28-2)12-8-16/h3-8,11-12,17,19H,9-10,13H2,1-2H3,(H,23,26)/t19-/m0/s1. The molecule has 0 aromatic heterocycles. The highest BCUT2D eigenvalue weighted by atomic mass is 32.2. The number of anilines is 1. The van der Waals surface area contributed by atoms with E-state index in [1.165, 1.54) is 11.8 Å². The maximum Gasteiger partial charge on any atom is 0.242 e. The Balaban J connectivity index is 1.47. The second-order valence-electron chi connectivity index (χ2n) is 7.26. The van der Waals surface area contributed by atoms with E-state index in [1.807, 2.05) is 55.5 Å². The maximum atomic E-state index is 12.9. The van der Waals surface area contributed by atoms with Crippen LogP contribution in [0.25, 0.3) is 0 Å². The van der Waals surface area contributed by atoms with Crippen LogP contribution in [0.2, 0.25) is 0 Å². The SMILES string of the molecule is COc1ccc(N=C2S[C@@H](CC(=O)Nc3ccc(C)cc3)C(=O)N2C2CC2)cc1. The summed E-state index contributed by atoms with van der Waals surface area (Å²) in [5.74, 6) is 0.568. The summed E-state index contributed by atoms with van der Waals surface area (Å²) >= 11 is 1.38.